The van der Waals surface area contributed by atoms with Crippen LogP contribution in [0.2, 0.25) is 0 Å². The molecule has 8 nitrogen and oxygen atoms in total. The fourth-order valence-corrected chi connectivity index (χ4v) is 1.31. The van der Waals surface area contributed by atoms with Gasteiger partial charge >= 0.3 is 18.7 Å². The standard InChI is InChI=1S/C12H16F2N2O6/c1-11(2,3)22-10(17)15-6-4-5-7(12(18,19)20)16-8(6)21-9(13)14/h4-5,9,18-20H,1-3H3,(H,15,17). The lowest BCUT2D eigenvalue weighted by atomic mass is 10.2. The molecule has 1 aromatic heterocycles. The number of anilines is 1. The highest BCUT2D eigenvalue weighted by Gasteiger charge is 2.27. The van der Waals surface area contributed by atoms with Crippen LogP contribution < -0.4 is 10.1 Å². The average Bonchev–Trinajstić information content (AvgIpc) is 2.26. The van der Waals surface area contributed by atoms with Crippen LogP contribution in [0.25, 0.3) is 0 Å². The minimum atomic E-state index is -3.34. The molecule has 0 saturated heterocycles. The summed E-state index contributed by atoms with van der Waals surface area (Å²) in [5, 5.41) is 29.0. The van der Waals surface area contributed by atoms with Crippen molar-refractivity contribution in [2.24, 2.45) is 0 Å². The Morgan fingerprint density at radius 1 is 1.27 bits per heavy atom. The van der Waals surface area contributed by atoms with Gasteiger partial charge in [0.15, 0.2) is 0 Å². The van der Waals surface area contributed by atoms with E-state index in [2.05, 4.69) is 15.0 Å². The van der Waals surface area contributed by atoms with E-state index >= 15 is 0 Å². The summed E-state index contributed by atoms with van der Waals surface area (Å²) >= 11 is 0. The summed E-state index contributed by atoms with van der Waals surface area (Å²) in [6.07, 6.45) is -0.954. The van der Waals surface area contributed by atoms with Crippen molar-refractivity contribution in [3.05, 3.63) is 17.8 Å². The maximum absolute atomic E-state index is 12.3. The molecule has 0 aromatic carbocycles. The molecule has 0 bridgehead atoms. The molecule has 1 heterocycles. The van der Waals surface area contributed by atoms with Crippen LogP contribution >= 0.6 is 0 Å². The van der Waals surface area contributed by atoms with Gasteiger partial charge in [-0.2, -0.15) is 8.78 Å². The van der Waals surface area contributed by atoms with Gasteiger partial charge in [0.2, 0.25) is 5.88 Å². The number of nitrogens with zero attached hydrogens (tertiary/aromatic N) is 1. The number of hydrogen-bond acceptors (Lipinski definition) is 7. The lowest BCUT2D eigenvalue weighted by Crippen LogP contribution is -2.28. The Hall–Kier alpha value is -2.04. The number of halogens is 2. The third-order valence-corrected chi connectivity index (χ3v) is 2.04. The topological polar surface area (TPSA) is 121 Å². The molecule has 0 aliphatic carbocycles. The first-order valence-electron chi connectivity index (χ1n) is 6.02. The summed E-state index contributed by atoms with van der Waals surface area (Å²) in [5.41, 5.74) is -1.89. The molecule has 0 aliphatic heterocycles. The van der Waals surface area contributed by atoms with Crippen LogP contribution in [0.15, 0.2) is 12.1 Å². The van der Waals surface area contributed by atoms with E-state index in [1.807, 2.05) is 0 Å². The van der Waals surface area contributed by atoms with E-state index in [1.54, 1.807) is 20.8 Å². The molecule has 0 saturated carbocycles. The van der Waals surface area contributed by atoms with Crippen molar-refractivity contribution in [2.75, 3.05) is 5.32 Å². The molecular formula is C12H16F2N2O6. The fraction of sp³-hybridized carbons (Fsp3) is 0.500. The van der Waals surface area contributed by atoms with Gasteiger partial charge in [-0.1, -0.05) is 0 Å². The maximum atomic E-state index is 12.3. The first-order chi connectivity index (χ1) is 9.88. The molecule has 0 unspecified atom stereocenters. The van der Waals surface area contributed by atoms with Crippen molar-refractivity contribution in [3.63, 3.8) is 0 Å². The number of amides is 1. The highest BCUT2D eigenvalue weighted by molar-refractivity contribution is 5.86. The Morgan fingerprint density at radius 3 is 2.32 bits per heavy atom. The molecule has 1 aromatic rings. The minimum Gasteiger partial charge on any atom is -0.444 e. The quantitative estimate of drug-likeness (QED) is 0.613. The van der Waals surface area contributed by atoms with Crippen LogP contribution in [0.3, 0.4) is 0 Å². The molecule has 1 rings (SSSR count). The number of aromatic nitrogens is 1. The van der Waals surface area contributed by atoms with Crippen molar-refractivity contribution in [1.82, 2.24) is 4.98 Å². The third kappa shape index (κ3) is 5.76. The second-order valence-electron chi connectivity index (χ2n) is 5.19. The summed E-state index contributed by atoms with van der Waals surface area (Å²) in [7, 11) is 0. The van der Waals surface area contributed by atoms with Crippen LogP contribution in [0, 0.1) is 0 Å². The number of carbonyl (C=O) groups excluding carboxylic acids is 1. The Morgan fingerprint density at radius 2 is 1.86 bits per heavy atom. The first kappa shape index (κ1) is 18.0. The molecule has 0 radical (unpaired) electrons. The largest absolute Gasteiger partial charge is 0.444 e. The Balaban J connectivity index is 3.05. The van der Waals surface area contributed by atoms with Crippen LogP contribution in [0.4, 0.5) is 19.3 Å². The van der Waals surface area contributed by atoms with Gasteiger partial charge in [-0.05, 0) is 32.9 Å². The fourth-order valence-electron chi connectivity index (χ4n) is 1.31. The van der Waals surface area contributed by atoms with Crippen LogP contribution in [0.1, 0.15) is 26.5 Å². The number of carbonyl (C=O) groups is 1. The highest BCUT2D eigenvalue weighted by atomic mass is 19.3. The van der Waals surface area contributed by atoms with Crippen molar-refractivity contribution in [1.29, 1.82) is 0 Å². The van der Waals surface area contributed by atoms with E-state index < -0.39 is 35.9 Å². The predicted molar refractivity (Wildman–Crippen MR) is 69.1 cm³/mol. The van der Waals surface area contributed by atoms with Gasteiger partial charge in [0.05, 0.1) is 0 Å². The summed E-state index contributed by atoms with van der Waals surface area (Å²) in [5.74, 6) is -4.16. The summed E-state index contributed by atoms with van der Waals surface area (Å²) < 4.78 is 33.7. The molecule has 0 atom stereocenters. The number of hydrogen-bond donors (Lipinski definition) is 4. The van der Waals surface area contributed by atoms with Gasteiger partial charge in [0.25, 0.3) is 0 Å². The molecule has 0 aliphatic rings. The number of pyridine rings is 1. The zero-order valence-corrected chi connectivity index (χ0v) is 12.0. The van der Waals surface area contributed by atoms with E-state index in [4.69, 9.17) is 20.1 Å². The van der Waals surface area contributed by atoms with Gasteiger partial charge < -0.3 is 24.8 Å². The molecule has 1 amide bonds. The normalized spacial score (nSPS) is 12.2. The highest BCUT2D eigenvalue weighted by Crippen LogP contribution is 2.27. The number of rotatable bonds is 4. The molecule has 0 spiro atoms. The molecule has 22 heavy (non-hydrogen) atoms. The first-order valence-corrected chi connectivity index (χ1v) is 6.02. The lowest BCUT2D eigenvalue weighted by molar-refractivity contribution is -0.326. The number of nitrogens with one attached hydrogen (secondary N) is 1. The van der Waals surface area contributed by atoms with E-state index in [-0.39, 0.29) is 5.69 Å². The number of alkyl halides is 2. The average molecular weight is 322 g/mol. The Kier molecular flexibility index (Phi) is 5.22. The van der Waals surface area contributed by atoms with E-state index in [0.29, 0.717) is 0 Å². The van der Waals surface area contributed by atoms with Crippen molar-refractivity contribution >= 4 is 11.8 Å². The van der Waals surface area contributed by atoms with Crippen molar-refractivity contribution < 1.29 is 38.4 Å². The minimum absolute atomic E-state index is 0.303. The Labute approximate surface area is 124 Å². The smallest absolute Gasteiger partial charge is 0.412 e. The van der Waals surface area contributed by atoms with Gasteiger partial charge in [-0.25, -0.2) is 9.78 Å². The lowest BCUT2D eigenvalue weighted by Gasteiger charge is -2.21. The van der Waals surface area contributed by atoms with Crippen molar-refractivity contribution in [2.45, 2.75) is 39.0 Å². The maximum Gasteiger partial charge on any atom is 0.412 e. The number of aliphatic hydroxyl groups is 3. The zero-order chi connectivity index (χ0) is 17.1. The monoisotopic (exact) mass is 322 g/mol. The zero-order valence-electron chi connectivity index (χ0n) is 12.0. The molecule has 0 fully saturated rings. The molecule has 4 N–H and O–H groups in total. The van der Waals surface area contributed by atoms with Gasteiger partial charge in [0.1, 0.15) is 17.0 Å². The van der Waals surface area contributed by atoms with Gasteiger partial charge in [-0.15, -0.1) is 0 Å². The summed E-state index contributed by atoms with van der Waals surface area (Å²) in [6, 6.07) is 1.88. The van der Waals surface area contributed by atoms with E-state index in [1.165, 1.54) is 0 Å². The van der Waals surface area contributed by atoms with E-state index in [9.17, 15) is 13.6 Å². The second-order valence-corrected chi connectivity index (χ2v) is 5.19. The van der Waals surface area contributed by atoms with Gasteiger partial charge in [0, 0.05) is 0 Å². The van der Waals surface area contributed by atoms with Crippen LogP contribution in [-0.2, 0) is 10.7 Å². The summed E-state index contributed by atoms with van der Waals surface area (Å²) in [6.45, 7) is 1.51. The number of ether oxygens (including phenoxy) is 2. The van der Waals surface area contributed by atoms with E-state index in [0.717, 1.165) is 12.1 Å². The Bertz CT molecular complexity index is 539. The van der Waals surface area contributed by atoms with Gasteiger partial charge in [-0.3, -0.25) is 5.32 Å². The third-order valence-electron chi connectivity index (χ3n) is 2.04. The molecule has 10 heteroatoms. The molecule has 124 valence electrons. The van der Waals surface area contributed by atoms with Crippen LogP contribution in [0.5, 0.6) is 5.88 Å². The second kappa shape index (κ2) is 6.38. The van der Waals surface area contributed by atoms with Crippen LogP contribution in [-0.4, -0.2) is 38.6 Å². The molecular weight excluding hydrogens is 306 g/mol. The van der Waals surface area contributed by atoms with Crippen molar-refractivity contribution in [3.8, 4) is 5.88 Å². The summed E-state index contributed by atoms with van der Waals surface area (Å²) in [4.78, 5) is 14.9. The SMILES string of the molecule is CC(C)(C)OC(=O)Nc1ccc(C(O)(O)O)nc1OC(F)F. The predicted octanol–water partition coefficient (Wildman–Crippen LogP) is 1.12.